The summed E-state index contributed by atoms with van der Waals surface area (Å²) in [5.41, 5.74) is 8.79. The maximum Gasteiger partial charge on any atom is 0.169 e. The van der Waals surface area contributed by atoms with Gasteiger partial charge in [0.2, 0.25) is 0 Å². The lowest BCUT2D eigenvalue weighted by Crippen LogP contribution is -2.12. The van der Waals surface area contributed by atoms with Crippen LogP contribution in [0.4, 0.5) is 0 Å². The van der Waals surface area contributed by atoms with Crippen LogP contribution in [0.15, 0.2) is 30.5 Å². The molecule has 0 aliphatic carbocycles. The summed E-state index contributed by atoms with van der Waals surface area (Å²) in [6.45, 7) is 2.40. The van der Waals surface area contributed by atoms with Crippen LogP contribution in [0.1, 0.15) is 28.7 Å². The van der Waals surface area contributed by atoms with Crippen LogP contribution < -0.4 is 10.5 Å². The van der Waals surface area contributed by atoms with E-state index in [9.17, 15) is 0 Å². The fourth-order valence-corrected chi connectivity index (χ4v) is 2.18. The molecular formula is C14H15N3O. The third-order valence-electron chi connectivity index (χ3n) is 3.22. The van der Waals surface area contributed by atoms with Gasteiger partial charge in [-0.15, -0.1) is 0 Å². The summed E-state index contributed by atoms with van der Waals surface area (Å²) in [6.07, 6.45) is 2.55. The summed E-state index contributed by atoms with van der Waals surface area (Å²) >= 11 is 0. The highest BCUT2D eigenvalue weighted by atomic mass is 16.5. The molecule has 92 valence electrons. The number of rotatable bonds is 2. The van der Waals surface area contributed by atoms with Gasteiger partial charge in [-0.25, -0.2) is 9.97 Å². The van der Waals surface area contributed by atoms with Crippen molar-refractivity contribution in [1.29, 1.82) is 0 Å². The Labute approximate surface area is 106 Å². The monoisotopic (exact) mass is 241 g/mol. The molecular weight excluding hydrogens is 226 g/mol. The fraction of sp³-hybridized carbons (Fsp3) is 0.286. The average molecular weight is 241 g/mol. The molecule has 0 fully saturated rings. The van der Waals surface area contributed by atoms with E-state index >= 15 is 0 Å². The van der Waals surface area contributed by atoms with Crippen LogP contribution in [-0.4, -0.2) is 9.97 Å². The Hall–Kier alpha value is -1.94. The molecule has 1 atom stereocenters. The second-order valence-corrected chi connectivity index (χ2v) is 4.48. The summed E-state index contributed by atoms with van der Waals surface area (Å²) in [5, 5.41) is 0. The number of nitrogens with two attached hydrogens (primary N) is 1. The molecule has 0 bridgehead atoms. The number of para-hydroxylation sites is 1. The third kappa shape index (κ3) is 1.84. The number of benzene rings is 1. The second-order valence-electron chi connectivity index (χ2n) is 4.48. The van der Waals surface area contributed by atoms with E-state index in [1.54, 1.807) is 0 Å². The van der Waals surface area contributed by atoms with Gasteiger partial charge in [-0.05, 0) is 24.1 Å². The first-order valence-electron chi connectivity index (χ1n) is 6.05. The number of nitrogens with zero attached hydrogens (tertiary/aromatic N) is 2. The normalized spacial score (nSPS) is 17.3. The van der Waals surface area contributed by atoms with Crippen molar-refractivity contribution in [2.24, 2.45) is 5.73 Å². The Bertz CT molecular complexity index is 558. The summed E-state index contributed by atoms with van der Waals surface area (Å²) < 4.78 is 5.87. The number of fused-ring (bicyclic) bond motifs is 1. The molecule has 1 aromatic carbocycles. The quantitative estimate of drug-likeness (QED) is 0.872. The maximum absolute atomic E-state index is 5.87. The minimum absolute atomic E-state index is 0.0895. The molecule has 2 N–H and O–H groups in total. The Balaban J connectivity index is 1.90. The number of hydrogen-bond acceptors (Lipinski definition) is 4. The Morgan fingerprint density at radius 1 is 1.39 bits per heavy atom. The standard InChI is InChI=1S/C14H15N3O/c1-9-8-16-14(17-11(9)7-15)13-6-10-4-2-3-5-12(10)18-13/h2-5,8,13H,6-7,15H2,1H3. The number of ether oxygens (including phenoxy) is 1. The molecule has 0 saturated carbocycles. The van der Waals surface area contributed by atoms with E-state index < -0.39 is 0 Å². The Kier molecular flexibility index (Phi) is 2.72. The van der Waals surface area contributed by atoms with Crippen molar-refractivity contribution in [2.75, 3.05) is 0 Å². The van der Waals surface area contributed by atoms with Gasteiger partial charge in [0.05, 0.1) is 5.69 Å². The molecule has 2 heterocycles. The minimum Gasteiger partial charge on any atom is -0.482 e. The van der Waals surface area contributed by atoms with Gasteiger partial charge in [-0.2, -0.15) is 0 Å². The molecule has 18 heavy (non-hydrogen) atoms. The summed E-state index contributed by atoms with van der Waals surface area (Å²) in [7, 11) is 0. The van der Waals surface area contributed by atoms with Crippen molar-refractivity contribution in [2.45, 2.75) is 26.0 Å². The smallest absolute Gasteiger partial charge is 0.169 e. The SMILES string of the molecule is Cc1cnc(C2Cc3ccccc3O2)nc1CN. The molecule has 1 aromatic heterocycles. The number of aromatic nitrogens is 2. The lowest BCUT2D eigenvalue weighted by atomic mass is 10.1. The topological polar surface area (TPSA) is 61.0 Å². The van der Waals surface area contributed by atoms with Gasteiger partial charge in [-0.3, -0.25) is 0 Å². The van der Waals surface area contributed by atoms with Crippen LogP contribution in [-0.2, 0) is 13.0 Å². The molecule has 0 amide bonds. The van der Waals surface area contributed by atoms with E-state index in [0.717, 1.165) is 29.3 Å². The van der Waals surface area contributed by atoms with E-state index in [4.69, 9.17) is 10.5 Å². The highest BCUT2D eigenvalue weighted by Gasteiger charge is 2.26. The van der Waals surface area contributed by atoms with Crippen LogP contribution in [0.2, 0.25) is 0 Å². The summed E-state index contributed by atoms with van der Waals surface area (Å²) in [5.74, 6) is 1.65. The molecule has 0 saturated heterocycles. The number of aryl methyl sites for hydroxylation is 1. The lowest BCUT2D eigenvalue weighted by Gasteiger charge is -2.11. The Morgan fingerprint density at radius 3 is 3.00 bits per heavy atom. The summed E-state index contributed by atoms with van der Waals surface area (Å²) in [6, 6.07) is 8.05. The second kappa shape index (κ2) is 4.38. The van der Waals surface area contributed by atoms with Gasteiger partial charge in [0.1, 0.15) is 5.75 Å². The predicted octanol–water partition coefficient (Wildman–Crippen LogP) is 1.92. The van der Waals surface area contributed by atoms with E-state index in [2.05, 4.69) is 16.0 Å². The van der Waals surface area contributed by atoms with Gasteiger partial charge >= 0.3 is 0 Å². The van der Waals surface area contributed by atoms with Crippen molar-refractivity contribution in [1.82, 2.24) is 9.97 Å². The maximum atomic E-state index is 5.87. The zero-order valence-corrected chi connectivity index (χ0v) is 10.3. The molecule has 4 heteroatoms. The molecule has 3 rings (SSSR count). The van der Waals surface area contributed by atoms with Gasteiger partial charge in [0.25, 0.3) is 0 Å². The van der Waals surface area contributed by atoms with E-state index in [0.29, 0.717) is 6.54 Å². The van der Waals surface area contributed by atoms with Crippen LogP contribution in [0.25, 0.3) is 0 Å². The van der Waals surface area contributed by atoms with Crippen LogP contribution in [0, 0.1) is 6.92 Å². The predicted molar refractivity (Wildman–Crippen MR) is 68.2 cm³/mol. The third-order valence-corrected chi connectivity index (χ3v) is 3.22. The van der Waals surface area contributed by atoms with Crippen molar-refractivity contribution in [3.8, 4) is 5.75 Å². The van der Waals surface area contributed by atoms with Crippen LogP contribution >= 0.6 is 0 Å². The molecule has 2 aromatic rings. The molecule has 1 aliphatic rings. The van der Waals surface area contributed by atoms with Crippen molar-refractivity contribution >= 4 is 0 Å². The number of hydrogen-bond donors (Lipinski definition) is 1. The first-order chi connectivity index (χ1) is 8.78. The first kappa shape index (κ1) is 11.2. The zero-order chi connectivity index (χ0) is 12.5. The molecule has 1 aliphatic heterocycles. The van der Waals surface area contributed by atoms with Crippen molar-refractivity contribution in [3.63, 3.8) is 0 Å². The lowest BCUT2D eigenvalue weighted by molar-refractivity contribution is 0.227. The van der Waals surface area contributed by atoms with Crippen LogP contribution in [0.3, 0.4) is 0 Å². The van der Waals surface area contributed by atoms with Crippen molar-refractivity contribution in [3.05, 3.63) is 53.1 Å². The van der Waals surface area contributed by atoms with Gasteiger partial charge < -0.3 is 10.5 Å². The van der Waals surface area contributed by atoms with E-state index in [1.165, 1.54) is 5.56 Å². The highest BCUT2D eigenvalue weighted by Crippen LogP contribution is 2.34. The van der Waals surface area contributed by atoms with Crippen molar-refractivity contribution < 1.29 is 4.74 Å². The van der Waals surface area contributed by atoms with Crippen LogP contribution in [0.5, 0.6) is 5.75 Å². The summed E-state index contributed by atoms with van der Waals surface area (Å²) in [4.78, 5) is 8.85. The highest BCUT2D eigenvalue weighted by molar-refractivity contribution is 5.38. The first-order valence-corrected chi connectivity index (χ1v) is 6.05. The zero-order valence-electron chi connectivity index (χ0n) is 10.3. The van der Waals surface area contributed by atoms with Gasteiger partial charge in [-0.1, -0.05) is 18.2 Å². The fourth-order valence-electron chi connectivity index (χ4n) is 2.18. The van der Waals surface area contributed by atoms with Gasteiger partial charge in [0, 0.05) is 19.2 Å². The molecule has 0 radical (unpaired) electrons. The minimum atomic E-state index is -0.0895. The Morgan fingerprint density at radius 2 is 2.22 bits per heavy atom. The molecule has 1 unspecified atom stereocenters. The molecule has 4 nitrogen and oxygen atoms in total. The largest absolute Gasteiger partial charge is 0.482 e. The molecule has 0 spiro atoms. The van der Waals surface area contributed by atoms with E-state index in [-0.39, 0.29) is 6.10 Å². The van der Waals surface area contributed by atoms with E-state index in [1.807, 2.05) is 31.3 Å². The van der Waals surface area contributed by atoms with Gasteiger partial charge in [0.15, 0.2) is 11.9 Å². The average Bonchev–Trinajstić information content (AvgIpc) is 2.83.